The number of carbonyl (C=O) groups excluding carboxylic acids is 2. The number of piperazine rings is 1. The number of hydrogen-bond acceptors (Lipinski definition) is 6. The van der Waals surface area contributed by atoms with E-state index in [0.717, 1.165) is 38.2 Å². The van der Waals surface area contributed by atoms with Gasteiger partial charge in [-0.05, 0) is 82.3 Å². The van der Waals surface area contributed by atoms with Crippen LogP contribution in [0.2, 0.25) is 0 Å². The lowest BCUT2D eigenvalue weighted by Crippen LogP contribution is -2.60. The molecule has 0 bridgehead atoms. The molecule has 0 spiro atoms. The molecular weight excluding hydrogens is 564 g/mol. The molecule has 2 unspecified atom stereocenters. The molecule has 2 atom stereocenters. The molecule has 2 fully saturated rings. The van der Waals surface area contributed by atoms with Gasteiger partial charge >= 0.3 is 6.09 Å². The molecule has 2 aliphatic heterocycles. The van der Waals surface area contributed by atoms with Gasteiger partial charge < -0.3 is 24.2 Å². The van der Waals surface area contributed by atoms with Crippen molar-refractivity contribution in [3.8, 4) is 5.75 Å². The second kappa shape index (κ2) is 15.0. The summed E-state index contributed by atoms with van der Waals surface area (Å²) in [6, 6.07) is 19.4. The van der Waals surface area contributed by atoms with Gasteiger partial charge in [0.1, 0.15) is 18.0 Å². The number of carbonyl (C=O) groups is 2. The molecule has 0 radical (unpaired) electrons. The standard InChI is InChI=1S/C37H56N4O4/c1-36(2,3)32-27-40(22-23-41(32)33(42)26-28-18-20-39(21-19-28)35(43)45-37(4,5)6)34(29-12-10-9-11-13-29)30-14-16-31(17-15-30)44-25-24-38(7)8/h9-17,28,32,34H,18-27H2,1-8H3. The normalized spacial score (nSPS) is 19.4. The smallest absolute Gasteiger partial charge is 0.410 e. The predicted octanol–water partition coefficient (Wildman–Crippen LogP) is 6.31. The van der Waals surface area contributed by atoms with Crippen LogP contribution in [0.25, 0.3) is 0 Å². The molecule has 248 valence electrons. The number of piperidine rings is 1. The van der Waals surface area contributed by atoms with E-state index in [2.05, 4.69) is 90.1 Å². The third-order valence-electron chi connectivity index (χ3n) is 8.94. The van der Waals surface area contributed by atoms with Crippen LogP contribution < -0.4 is 4.74 Å². The number of ether oxygens (including phenoxy) is 2. The Kier molecular flexibility index (Phi) is 11.6. The summed E-state index contributed by atoms with van der Waals surface area (Å²) in [6.45, 7) is 17.5. The molecule has 2 heterocycles. The maximum Gasteiger partial charge on any atom is 0.410 e. The van der Waals surface area contributed by atoms with Crippen LogP contribution in [0.3, 0.4) is 0 Å². The number of likely N-dealkylation sites (tertiary alicyclic amines) is 1. The zero-order valence-electron chi connectivity index (χ0n) is 28.9. The molecular formula is C37H56N4O4. The zero-order chi connectivity index (χ0) is 32.8. The third-order valence-corrected chi connectivity index (χ3v) is 8.94. The number of rotatable bonds is 9. The Balaban J connectivity index is 1.44. The maximum atomic E-state index is 13.9. The van der Waals surface area contributed by atoms with Crippen LogP contribution in [0.4, 0.5) is 4.79 Å². The first kappa shape index (κ1) is 34.8. The lowest BCUT2D eigenvalue weighted by Gasteiger charge is -2.50. The van der Waals surface area contributed by atoms with Gasteiger partial charge in [-0.25, -0.2) is 4.79 Å². The first-order chi connectivity index (χ1) is 21.2. The molecule has 8 nitrogen and oxygen atoms in total. The van der Waals surface area contributed by atoms with Gasteiger partial charge in [0, 0.05) is 51.7 Å². The van der Waals surface area contributed by atoms with Crippen molar-refractivity contribution in [2.75, 3.05) is 60.0 Å². The highest BCUT2D eigenvalue weighted by molar-refractivity contribution is 5.77. The van der Waals surface area contributed by atoms with Crippen LogP contribution in [0.1, 0.15) is 78.0 Å². The van der Waals surface area contributed by atoms with Gasteiger partial charge in [-0.2, -0.15) is 0 Å². The van der Waals surface area contributed by atoms with Crippen molar-refractivity contribution in [3.05, 3.63) is 65.7 Å². The van der Waals surface area contributed by atoms with E-state index >= 15 is 0 Å². The Morgan fingerprint density at radius 2 is 1.49 bits per heavy atom. The minimum absolute atomic E-state index is 0.0836. The molecule has 2 amide bonds. The van der Waals surface area contributed by atoms with Crippen molar-refractivity contribution in [3.63, 3.8) is 0 Å². The Hall–Kier alpha value is -3.10. The lowest BCUT2D eigenvalue weighted by atomic mass is 9.82. The van der Waals surface area contributed by atoms with E-state index in [1.807, 2.05) is 34.9 Å². The van der Waals surface area contributed by atoms with Crippen LogP contribution in [0, 0.1) is 11.3 Å². The molecule has 4 rings (SSSR count). The Morgan fingerprint density at radius 3 is 2.07 bits per heavy atom. The summed E-state index contributed by atoms with van der Waals surface area (Å²) in [6.07, 6.45) is 1.94. The molecule has 0 aromatic heterocycles. The van der Waals surface area contributed by atoms with E-state index in [-0.39, 0.29) is 35.4 Å². The van der Waals surface area contributed by atoms with Crippen LogP contribution in [0.15, 0.2) is 54.6 Å². The highest BCUT2D eigenvalue weighted by Gasteiger charge is 2.41. The topological polar surface area (TPSA) is 65.6 Å². The van der Waals surface area contributed by atoms with Crippen LogP contribution in [-0.4, -0.2) is 103 Å². The fraction of sp³-hybridized carbons (Fsp3) is 0.622. The monoisotopic (exact) mass is 620 g/mol. The fourth-order valence-corrected chi connectivity index (χ4v) is 6.43. The second-order valence-electron chi connectivity index (χ2n) is 15.1. The highest BCUT2D eigenvalue weighted by Crippen LogP contribution is 2.36. The average Bonchev–Trinajstić information content (AvgIpc) is 2.97. The molecule has 45 heavy (non-hydrogen) atoms. The van der Waals surface area contributed by atoms with E-state index < -0.39 is 5.60 Å². The summed E-state index contributed by atoms with van der Waals surface area (Å²) < 4.78 is 11.5. The third kappa shape index (κ3) is 9.94. The highest BCUT2D eigenvalue weighted by atomic mass is 16.6. The lowest BCUT2D eigenvalue weighted by molar-refractivity contribution is -0.141. The number of hydrogen-bond donors (Lipinski definition) is 0. The summed E-state index contributed by atoms with van der Waals surface area (Å²) >= 11 is 0. The van der Waals surface area contributed by atoms with Crippen molar-refractivity contribution < 1.29 is 19.1 Å². The summed E-state index contributed by atoms with van der Waals surface area (Å²) in [4.78, 5) is 35.0. The first-order valence-electron chi connectivity index (χ1n) is 16.6. The Bertz CT molecular complexity index is 1230. The van der Waals surface area contributed by atoms with Gasteiger partial charge in [-0.15, -0.1) is 0 Å². The second-order valence-corrected chi connectivity index (χ2v) is 15.1. The predicted molar refractivity (Wildman–Crippen MR) is 180 cm³/mol. The van der Waals surface area contributed by atoms with Gasteiger partial charge in [0.05, 0.1) is 6.04 Å². The van der Waals surface area contributed by atoms with E-state index in [1.54, 1.807) is 4.90 Å². The van der Waals surface area contributed by atoms with Crippen molar-refractivity contribution in [2.45, 2.75) is 78.5 Å². The summed E-state index contributed by atoms with van der Waals surface area (Å²) in [5.41, 5.74) is 1.89. The maximum absolute atomic E-state index is 13.9. The molecule has 8 heteroatoms. The first-order valence-corrected chi connectivity index (χ1v) is 16.6. The van der Waals surface area contributed by atoms with Crippen LogP contribution >= 0.6 is 0 Å². The van der Waals surface area contributed by atoms with Gasteiger partial charge in [-0.1, -0.05) is 63.2 Å². The Labute approximate surface area is 271 Å². The van der Waals surface area contributed by atoms with Crippen molar-refractivity contribution >= 4 is 12.0 Å². The van der Waals surface area contributed by atoms with Gasteiger partial charge in [0.2, 0.25) is 5.91 Å². The molecule has 2 saturated heterocycles. The van der Waals surface area contributed by atoms with Gasteiger partial charge in [-0.3, -0.25) is 9.69 Å². The molecule has 0 aliphatic carbocycles. The minimum atomic E-state index is -0.503. The number of nitrogens with zero attached hydrogens (tertiary/aromatic N) is 4. The summed E-state index contributed by atoms with van der Waals surface area (Å²) in [7, 11) is 4.10. The minimum Gasteiger partial charge on any atom is -0.492 e. The molecule has 2 aliphatic rings. The Morgan fingerprint density at radius 1 is 0.867 bits per heavy atom. The van der Waals surface area contributed by atoms with E-state index in [0.29, 0.717) is 32.7 Å². The number of likely N-dealkylation sites (N-methyl/N-ethyl adjacent to an activating group) is 1. The van der Waals surface area contributed by atoms with Crippen molar-refractivity contribution in [1.82, 2.24) is 19.6 Å². The zero-order valence-corrected chi connectivity index (χ0v) is 28.9. The van der Waals surface area contributed by atoms with E-state index in [4.69, 9.17) is 9.47 Å². The molecule has 2 aromatic carbocycles. The van der Waals surface area contributed by atoms with Crippen LogP contribution in [-0.2, 0) is 9.53 Å². The summed E-state index contributed by atoms with van der Waals surface area (Å²) in [5, 5.41) is 0. The molecule has 0 saturated carbocycles. The van der Waals surface area contributed by atoms with E-state index in [9.17, 15) is 9.59 Å². The van der Waals surface area contributed by atoms with Crippen molar-refractivity contribution in [1.29, 1.82) is 0 Å². The van der Waals surface area contributed by atoms with Gasteiger partial charge in [0.15, 0.2) is 0 Å². The SMILES string of the molecule is CN(C)CCOc1ccc(C(c2ccccc2)N2CCN(C(=O)CC3CCN(C(=O)OC(C)(C)C)CC3)C(C(C)(C)C)C2)cc1. The number of benzene rings is 2. The van der Waals surface area contributed by atoms with E-state index in [1.165, 1.54) is 11.1 Å². The molecule has 2 aromatic rings. The van der Waals surface area contributed by atoms with Crippen molar-refractivity contribution in [2.24, 2.45) is 11.3 Å². The number of amides is 2. The quantitative estimate of drug-likeness (QED) is 0.327. The fourth-order valence-electron chi connectivity index (χ4n) is 6.43. The largest absolute Gasteiger partial charge is 0.492 e. The van der Waals surface area contributed by atoms with Crippen LogP contribution in [0.5, 0.6) is 5.75 Å². The molecule has 0 N–H and O–H groups in total. The average molecular weight is 621 g/mol. The van der Waals surface area contributed by atoms with Gasteiger partial charge in [0.25, 0.3) is 0 Å². The summed E-state index contributed by atoms with van der Waals surface area (Å²) in [5.74, 6) is 1.40.